The summed E-state index contributed by atoms with van der Waals surface area (Å²) >= 11 is 0. The van der Waals surface area contributed by atoms with E-state index in [9.17, 15) is 0 Å². The number of fused-ring (bicyclic) bond motifs is 8. The van der Waals surface area contributed by atoms with Crippen molar-refractivity contribution in [1.29, 1.82) is 0 Å². The summed E-state index contributed by atoms with van der Waals surface area (Å²) < 4.78 is 4.79. The fraction of sp³-hybridized carbons (Fsp3) is 0. The van der Waals surface area contributed by atoms with Crippen molar-refractivity contribution < 1.29 is 0 Å². The number of para-hydroxylation sites is 3. The van der Waals surface area contributed by atoms with Gasteiger partial charge in [-0.25, -0.2) is 0 Å². The Morgan fingerprint density at radius 2 is 1.08 bits per heavy atom. The molecule has 0 unspecified atom stereocenters. The van der Waals surface area contributed by atoms with Crippen molar-refractivity contribution in [3.05, 3.63) is 128 Å². The van der Waals surface area contributed by atoms with E-state index in [0.29, 0.717) is 0 Å². The minimum Gasteiger partial charge on any atom is -0.307 e. The standard InChI is InChI=1S/C33H21N3/c1-2-12-24(13-3-1)35-29-16-8-6-14-26(29)28-21-34-31-27-15-7-9-17-30(27)36(33(31)32(28)35)25-19-18-22-10-4-5-11-23(22)20-25/h1-21H. The lowest BCUT2D eigenvalue weighted by atomic mass is 10.1. The third-order valence-corrected chi connectivity index (χ3v) is 7.31. The van der Waals surface area contributed by atoms with Gasteiger partial charge >= 0.3 is 0 Å². The van der Waals surface area contributed by atoms with Gasteiger partial charge in [-0.1, -0.05) is 84.9 Å². The molecule has 3 heteroatoms. The van der Waals surface area contributed by atoms with Gasteiger partial charge in [0.15, 0.2) is 0 Å². The van der Waals surface area contributed by atoms with Gasteiger partial charge < -0.3 is 9.13 Å². The fourth-order valence-corrected chi connectivity index (χ4v) is 5.76. The Hall–Kier alpha value is -4.89. The first kappa shape index (κ1) is 19.4. The van der Waals surface area contributed by atoms with Gasteiger partial charge in [-0.05, 0) is 47.2 Å². The third-order valence-electron chi connectivity index (χ3n) is 7.31. The third kappa shape index (κ3) is 2.60. The van der Waals surface area contributed by atoms with E-state index < -0.39 is 0 Å². The molecule has 0 saturated carbocycles. The highest BCUT2D eigenvalue weighted by Gasteiger charge is 2.21. The van der Waals surface area contributed by atoms with Crippen molar-refractivity contribution in [2.24, 2.45) is 0 Å². The highest BCUT2D eigenvalue weighted by molar-refractivity contribution is 6.22. The lowest BCUT2D eigenvalue weighted by Crippen LogP contribution is -1.99. The number of aromatic nitrogens is 3. The van der Waals surface area contributed by atoms with Crippen molar-refractivity contribution in [3.8, 4) is 11.4 Å². The van der Waals surface area contributed by atoms with Gasteiger partial charge in [0.25, 0.3) is 0 Å². The smallest absolute Gasteiger partial charge is 0.0985 e. The first-order valence-electron chi connectivity index (χ1n) is 12.2. The second-order valence-electron chi connectivity index (χ2n) is 9.29. The SMILES string of the molecule is c1ccc(-n2c3ccccc3c3cnc4c5ccccc5n(-c5ccc6ccccc6c5)c4c32)cc1. The zero-order valence-corrected chi connectivity index (χ0v) is 19.5. The van der Waals surface area contributed by atoms with Crippen LogP contribution in [0.2, 0.25) is 0 Å². The minimum absolute atomic E-state index is 1.02. The zero-order chi connectivity index (χ0) is 23.6. The molecule has 168 valence electrons. The predicted octanol–water partition coefficient (Wildman–Crippen LogP) is 8.43. The Kier molecular flexibility index (Phi) is 3.94. The largest absolute Gasteiger partial charge is 0.307 e. The summed E-state index contributed by atoms with van der Waals surface area (Å²) in [5.74, 6) is 0. The first-order valence-corrected chi connectivity index (χ1v) is 12.2. The molecule has 0 atom stereocenters. The summed E-state index contributed by atoms with van der Waals surface area (Å²) in [6.07, 6.45) is 2.05. The van der Waals surface area contributed by atoms with Gasteiger partial charge in [-0.2, -0.15) is 0 Å². The molecule has 5 aromatic carbocycles. The Bertz CT molecular complexity index is 2100. The molecule has 0 bridgehead atoms. The number of rotatable bonds is 2. The van der Waals surface area contributed by atoms with E-state index in [2.05, 4.69) is 137 Å². The van der Waals surface area contributed by atoms with E-state index >= 15 is 0 Å². The maximum atomic E-state index is 5.07. The summed E-state index contributed by atoms with van der Waals surface area (Å²) in [5.41, 5.74) is 7.95. The van der Waals surface area contributed by atoms with Crippen molar-refractivity contribution in [2.75, 3.05) is 0 Å². The van der Waals surface area contributed by atoms with E-state index in [4.69, 9.17) is 4.98 Å². The van der Waals surface area contributed by atoms with Gasteiger partial charge in [0.1, 0.15) is 0 Å². The van der Waals surface area contributed by atoms with E-state index in [1.807, 2.05) is 0 Å². The van der Waals surface area contributed by atoms with Crippen LogP contribution in [0.15, 0.2) is 128 Å². The van der Waals surface area contributed by atoms with Crippen molar-refractivity contribution in [3.63, 3.8) is 0 Å². The lowest BCUT2D eigenvalue weighted by Gasteiger charge is -2.12. The van der Waals surface area contributed by atoms with Crippen LogP contribution in [0.5, 0.6) is 0 Å². The Morgan fingerprint density at radius 1 is 0.444 bits per heavy atom. The quantitative estimate of drug-likeness (QED) is 0.254. The van der Waals surface area contributed by atoms with Crippen LogP contribution in [0.4, 0.5) is 0 Å². The topological polar surface area (TPSA) is 22.8 Å². The number of nitrogens with zero attached hydrogens (tertiary/aromatic N) is 3. The Balaban J connectivity index is 1.64. The van der Waals surface area contributed by atoms with Crippen LogP contribution in [0, 0.1) is 0 Å². The molecule has 0 radical (unpaired) electrons. The molecule has 0 aliphatic rings. The van der Waals surface area contributed by atoms with Crippen molar-refractivity contribution in [1.82, 2.24) is 14.1 Å². The number of hydrogen-bond donors (Lipinski definition) is 0. The van der Waals surface area contributed by atoms with E-state index in [1.54, 1.807) is 0 Å². The summed E-state index contributed by atoms with van der Waals surface area (Å²) in [6, 6.07) is 43.1. The molecule has 8 rings (SSSR count). The van der Waals surface area contributed by atoms with Crippen LogP contribution in [0.3, 0.4) is 0 Å². The first-order chi connectivity index (χ1) is 17.9. The highest BCUT2D eigenvalue weighted by atomic mass is 15.1. The summed E-state index contributed by atoms with van der Waals surface area (Å²) in [7, 11) is 0. The molecule has 0 spiro atoms. The minimum atomic E-state index is 1.02. The van der Waals surface area contributed by atoms with Crippen LogP contribution in [-0.4, -0.2) is 14.1 Å². The molecular formula is C33H21N3. The summed E-state index contributed by atoms with van der Waals surface area (Å²) in [4.78, 5) is 5.07. The molecule has 36 heavy (non-hydrogen) atoms. The van der Waals surface area contributed by atoms with Gasteiger partial charge in [0.2, 0.25) is 0 Å². The van der Waals surface area contributed by atoms with Crippen LogP contribution in [0.1, 0.15) is 0 Å². The number of hydrogen-bond acceptors (Lipinski definition) is 1. The van der Waals surface area contributed by atoms with Gasteiger partial charge in [-0.3, -0.25) is 4.98 Å². The zero-order valence-electron chi connectivity index (χ0n) is 19.5. The lowest BCUT2D eigenvalue weighted by molar-refractivity contribution is 1.15. The normalized spacial score (nSPS) is 11.9. The highest BCUT2D eigenvalue weighted by Crippen LogP contribution is 2.40. The number of pyridine rings is 1. The molecule has 8 aromatic rings. The maximum Gasteiger partial charge on any atom is 0.0985 e. The predicted molar refractivity (Wildman–Crippen MR) is 150 cm³/mol. The molecular weight excluding hydrogens is 438 g/mol. The molecule has 0 fully saturated rings. The monoisotopic (exact) mass is 459 g/mol. The number of benzene rings is 5. The molecule has 0 aliphatic carbocycles. The molecule has 0 N–H and O–H groups in total. The molecule has 0 amide bonds. The van der Waals surface area contributed by atoms with Crippen LogP contribution >= 0.6 is 0 Å². The molecule has 3 nitrogen and oxygen atoms in total. The van der Waals surface area contributed by atoms with E-state index in [1.165, 1.54) is 27.2 Å². The van der Waals surface area contributed by atoms with Crippen LogP contribution in [-0.2, 0) is 0 Å². The van der Waals surface area contributed by atoms with E-state index in [-0.39, 0.29) is 0 Å². The summed E-state index contributed by atoms with van der Waals surface area (Å²) in [6.45, 7) is 0. The molecule has 0 saturated heterocycles. The van der Waals surface area contributed by atoms with Crippen LogP contribution < -0.4 is 0 Å². The second kappa shape index (κ2) is 7.30. The summed E-state index contributed by atoms with van der Waals surface area (Å²) in [5, 5.41) is 5.99. The van der Waals surface area contributed by atoms with Crippen molar-refractivity contribution in [2.45, 2.75) is 0 Å². The Labute approximate surface area is 207 Å². The van der Waals surface area contributed by atoms with Crippen molar-refractivity contribution >= 4 is 54.5 Å². The molecule has 3 aromatic heterocycles. The fourth-order valence-electron chi connectivity index (χ4n) is 5.76. The molecule has 0 aliphatic heterocycles. The average Bonchev–Trinajstić information content (AvgIpc) is 3.46. The Morgan fingerprint density at radius 3 is 1.92 bits per heavy atom. The van der Waals surface area contributed by atoms with Gasteiger partial charge in [-0.15, -0.1) is 0 Å². The van der Waals surface area contributed by atoms with Crippen LogP contribution in [0.25, 0.3) is 65.9 Å². The van der Waals surface area contributed by atoms with Gasteiger partial charge in [0.05, 0.1) is 27.6 Å². The average molecular weight is 460 g/mol. The second-order valence-corrected chi connectivity index (χ2v) is 9.29. The van der Waals surface area contributed by atoms with E-state index in [0.717, 1.165) is 38.7 Å². The maximum absolute atomic E-state index is 5.07. The molecule has 3 heterocycles. The van der Waals surface area contributed by atoms with Gasteiger partial charge in [0, 0.05) is 33.7 Å².